The van der Waals surface area contributed by atoms with E-state index in [2.05, 4.69) is 15.1 Å². The second kappa shape index (κ2) is 7.74. The first kappa shape index (κ1) is 18.2. The maximum Gasteiger partial charge on any atom is 0.416 e. The van der Waals surface area contributed by atoms with Crippen molar-refractivity contribution < 1.29 is 18.0 Å². The molecular formula is C18H24F3N3O. The van der Waals surface area contributed by atoms with Gasteiger partial charge in [0.1, 0.15) is 0 Å². The number of alkyl halides is 3. The van der Waals surface area contributed by atoms with Crippen molar-refractivity contribution in [3.63, 3.8) is 0 Å². The molecule has 2 fully saturated rings. The van der Waals surface area contributed by atoms with Crippen molar-refractivity contribution >= 4 is 11.6 Å². The maximum atomic E-state index is 12.7. The Morgan fingerprint density at radius 2 is 1.80 bits per heavy atom. The van der Waals surface area contributed by atoms with Gasteiger partial charge < -0.3 is 5.32 Å². The van der Waals surface area contributed by atoms with Gasteiger partial charge in [0, 0.05) is 37.9 Å². The molecule has 0 atom stereocenters. The molecule has 2 aliphatic rings. The topological polar surface area (TPSA) is 35.6 Å². The lowest BCUT2D eigenvalue weighted by atomic mass is 10.2. The summed E-state index contributed by atoms with van der Waals surface area (Å²) in [5.74, 6) is -0.270. The minimum absolute atomic E-state index is 0.185. The molecule has 0 bridgehead atoms. The van der Waals surface area contributed by atoms with Crippen LogP contribution in [-0.2, 0) is 11.0 Å². The average Bonchev–Trinajstić information content (AvgIpc) is 3.09. The van der Waals surface area contributed by atoms with E-state index in [1.165, 1.54) is 37.8 Å². The van der Waals surface area contributed by atoms with E-state index < -0.39 is 11.7 Å². The lowest BCUT2D eigenvalue weighted by Gasteiger charge is -2.37. The van der Waals surface area contributed by atoms with Crippen LogP contribution in [0.4, 0.5) is 18.9 Å². The number of piperazine rings is 1. The van der Waals surface area contributed by atoms with Gasteiger partial charge in [0.05, 0.1) is 12.1 Å². The molecule has 1 aliphatic carbocycles. The monoisotopic (exact) mass is 355 g/mol. The number of hydrogen-bond acceptors (Lipinski definition) is 3. The molecule has 1 saturated heterocycles. The fraction of sp³-hybridized carbons (Fsp3) is 0.611. The molecule has 1 N–H and O–H groups in total. The number of carbonyl (C=O) groups excluding carboxylic acids is 1. The largest absolute Gasteiger partial charge is 0.416 e. The van der Waals surface area contributed by atoms with Gasteiger partial charge >= 0.3 is 6.18 Å². The Morgan fingerprint density at radius 1 is 1.12 bits per heavy atom. The molecule has 138 valence electrons. The minimum atomic E-state index is -4.41. The van der Waals surface area contributed by atoms with Gasteiger partial charge in [0.15, 0.2) is 0 Å². The third-order valence-electron chi connectivity index (χ3n) is 5.09. The number of benzene rings is 1. The Kier molecular flexibility index (Phi) is 5.64. The predicted octanol–water partition coefficient (Wildman–Crippen LogP) is 3.20. The molecule has 1 aromatic rings. The Morgan fingerprint density at radius 3 is 2.44 bits per heavy atom. The first-order valence-corrected chi connectivity index (χ1v) is 8.85. The molecule has 0 radical (unpaired) electrons. The van der Waals surface area contributed by atoms with Gasteiger partial charge in [-0.1, -0.05) is 18.9 Å². The normalized spacial score (nSPS) is 20.8. The van der Waals surface area contributed by atoms with Crippen molar-refractivity contribution in [2.75, 3.05) is 38.0 Å². The zero-order valence-electron chi connectivity index (χ0n) is 14.2. The van der Waals surface area contributed by atoms with E-state index in [4.69, 9.17) is 0 Å². The molecule has 3 rings (SSSR count). The minimum Gasteiger partial charge on any atom is -0.325 e. The third-order valence-corrected chi connectivity index (χ3v) is 5.09. The Hall–Kier alpha value is -1.60. The Labute approximate surface area is 146 Å². The van der Waals surface area contributed by atoms with E-state index in [-0.39, 0.29) is 18.1 Å². The SMILES string of the molecule is O=C(CN1CCN(C2CCCC2)CC1)Nc1cccc(C(F)(F)F)c1. The molecule has 4 nitrogen and oxygen atoms in total. The van der Waals surface area contributed by atoms with E-state index in [9.17, 15) is 18.0 Å². The highest BCUT2D eigenvalue weighted by Crippen LogP contribution is 2.30. The van der Waals surface area contributed by atoms with E-state index in [1.807, 2.05) is 0 Å². The van der Waals surface area contributed by atoms with Crippen LogP contribution in [0.1, 0.15) is 31.2 Å². The van der Waals surface area contributed by atoms with Crippen LogP contribution in [0.15, 0.2) is 24.3 Å². The predicted molar refractivity (Wildman–Crippen MR) is 90.3 cm³/mol. The van der Waals surface area contributed by atoms with Crippen molar-refractivity contribution in [2.24, 2.45) is 0 Å². The number of rotatable bonds is 4. The molecule has 1 amide bonds. The zero-order chi connectivity index (χ0) is 17.9. The smallest absolute Gasteiger partial charge is 0.325 e. The summed E-state index contributed by atoms with van der Waals surface area (Å²) >= 11 is 0. The molecule has 1 aliphatic heterocycles. The van der Waals surface area contributed by atoms with Crippen LogP contribution in [0.2, 0.25) is 0 Å². The van der Waals surface area contributed by atoms with Crippen LogP contribution in [-0.4, -0.2) is 54.5 Å². The van der Waals surface area contributed by atoms with E-state index in [0.29, 0.717) is 6.04 Å². The van der Waals surface area contributed by atoms with Crippen LogP contribution >= 0.6 is 0 Å². The van der Waals surface area contributed by atoms with Crippen molar-refractivity contribution in [3.8, 4) is 0 Å². The number of anilines is 1. The summed E-state index contributed by atoms with van der Waals surface area (Å²) in [6, 6.07) is 5.44. The highest BCUT2D eigenvalue weighted by molar-refractivity contribution is 5.92. The van der Waals surface area contributed by atoms with Crippen molar-refractivity contribution in [3.05, 3.63) is 29.8 Å². The summed E-state index contributed by atoms with van der Waals surface area (Å²) < 4.78 is 38.2. The first-order valence-electron chi connectivity index (χ1n) is 8.85. The van der Waals surface area contributed by atoms with Gasteiger partial charge in [0.25, 0.3) is 0 Å². The van der Waals surface area contributed by atoms with Gasteiger partial charge in [-0.2, -0.15) is 13.2 Å². The van der Waals surface area contributed by atoms with Gasteiger partial charge in [-0.05, 0) is 31.0 Å². The van der Waals surface area contributed by atoms with E-state index in [0.717, 1.165) is 38.3 Å². The molecule has 0 aromatic heterocycles. The standard InChI is InChI=1S/C18H24F3N3O/c19-18(20,21)14-4-3-5-15(12-14)22-17(25)13-23-8-10-24(11-9-23)16-6-1-2-7-16/h3-5,12,16H,1-2,6-11,13H2,(H,22,25). The average molecular weight is 355 g/mol. The van der Waals surface area contributed by atoms with Gasteiger partial charge in [-0.15, -0.1) is 0 Å². The Bertz CT molecular complexity index is 591. The fourth-order valence-electron chi connectivity index (χ4n) is 3.73. The quantitative estimate of drug-likeness (QED) is 0.901. The van der Waals surface area contributed by atoms with Crippen LogP contribution in [0, 0.1) is 0 Å². The van der Waals surface area contributed by atoms with E-state index >= 15 is 0 Å². The summed E-state index contributed by atoms with van der Waals surface area (Å²) in [5.41, 5.74) is -0.570. The molecule has 0 spiro atoms. The molecule has 25 heavy (non-hydrogen) atoms. The molecule has 1 heterocycles. The lowest BCUT2D eigenvalue weighted by Crippen LogP contribution is -2.51. The molecule has 0 unspecified atom stereocenters. The van der Waals surface area contributed by atoms with Gasteiger partial charge in [0.2, 0.25) is 5.91 Å². The summed E-state index contributed by atoms with van der Waals surface area (Å²) in [4.78, 5) is 16.7. The van der Waals surface area contributed by atoms with Crippen LogP contribution < -0.4 is 5.32 Å². The number of hydrogen-bond donors (Lipinski definition) is 1. The number of amides is 1. The van der Waals surface area contributed by atoms with Crippen molar-refractivity contribution in [1.29, 1.82) is 0 Å². The van der Waals surface area contributed by atoms with Gasteiger partial charge in [-0.3, -0.25) is 14.6 Å². The summed E-state index contributed by atoms with van der Waals surface area (Å²) in [6.45, 7) is 3.79. The highest BCUT2D eigenvalue weighted by Gasteiger charge is 2.30. The second-order valence-electron chi connectivity index (χ2n) is 6.88. The fourth-order valence-corrected chi connectivity index (χ4v) is 3.73. The zero-order valence-corrected chi connectivity index (χ0v) is 14.2. The van der Waals surface area contributed by atoms with Gasteiger partial charge in [-0.25, -0.2) is 0 Å². The molecule has 1 saturated carbocycles. The van der Waals surface area contributed by atoms with Crippen molar-refractivity contribution in [2.45, 2.75) is 37.9 Å². The summed E-state index contributed by atoms with van der Waals surface area (Å²) in [7, 11) is 0. The number of nitrogens with one attached hydrogen (secondary N) is 1. The molecule has 7 heteroatoms. The van der Waals surface area contributed by atoms with Crippen LogP contribution in [0.25, 0.3) is 0 Å². The third kappa shape index (κ3) is 4.95. The lowest BCUT2D eigenvalue weighted by molar-refractivity contribution is -0.137. The second-order valence-corrected chi connectivity index (χ2v) is 6.88. The number of nitrogens with zero attached hydrogens (tertiary/aromatic N) is 2. The Balaban J connectivity index is 1.47. The highest BCUT2D eigenvalue weighted by atomic mass is 19.4. The first-order chi connectivity index (χ1) is 11.9. The van der Waals surface area contributed by atoms with Crippen LogP contribution in [0.3, 0.4) is 0 Å². The number of carbonyl (C=O) groups is 1. The summed E-state index contributed by atoms with van der Waals surface area (Å²) in [6.07, 6.45) is 0.762. The maximum absolute atomic E-state index is 12.7. The van der Waals surface area contributed by atoms with E-state index in [1.54, 1.807) is 0 Å². The molecule has 1 aromatic carbocycles. The number of halogens is 3. The molecular weight excluding hydrogens is 331 g/mol. The van der Waals surface area contributed by atoms with Crippen LogP contribution in [0.5, 0.6) is 0 Å². The summed E-state index contributed by atoms with van der Waals surface area (Å²) in [5, 5.41) is 2.57. The van der Waals surface area contributed by atoms with Crippen molar-refractivity contribution in [1.82, 2.24) is 9.80 Å².